The first-order chi connectivity index (χ1) is 9.01. The molecule has 0 radical (unpaired) electrons. The summed E-state index contributed by atoms with van der Waals surface area (Å²) in [5.41, 5.74) is -0.0486. The third kappa shape index (κ3) is 4.00. The molecule has 0 amide bonds. The Kier molecular flexibility index (Phi) is 5.90. The van der Waals surface area contributed by atoms with Crippen LogP contribution in [-0.2, 0) is 9.53 Å². The summed E-state index contributed by atoms with van der Waals surface area (Å²) >= 11 is 2.86. The van der Waals surface area contributed by atoms with Crippen molar-refractivity contribution >= 4 is 21.9 Å². The zero-order chi connectivity index (χ0) is 14.4. The van der Waals surface area contributed by atoms with E-state index in [0.29, 0.717) is 0 Å². The van der Waals surface area contributed by atoms with Gasteiger partial charge < -0.3 is 4.74 Å². The third-order valence-corrected chi connectivity index (χ3v) is 3.15. The minimum Gasteiger partial charge on any atom is -0.466 e. The molecule has 1 rings (SSSR count). The molecule has 19 heavy (non-hydrogen) atoms. The van der Waals surface area contributed by atoms with Crippen molar-refractivity contribution < 1.29 is 18.3 Å². The molecule has 0 saturated heterocycles. The largest absolute Gasteiger partial charge is 0.466 e. The van der Waals surface area contributed by atoms with Gasteiger partial charge in [0.1, 0.15) is 0 Å². The lowest BCUT2D eigenvalue weighted by Crippen LogP contribution is -2.08. The Bertz CT molecular complexity index is 514. The Balaban J connectivity index is 2.84. The van der Waals surface area contributed by atoms with Gasteiger partial charge in [-0.3, -0.25) is 4.79 Å². The van der Waals surface area contributed by atoms with E-state index in [-0.39, 0.29) is 29.5 Å². The summed E-state index contributed by atoms with van der Waals surface area (Å²) in [7, 11) is 0. The van der Waals surface area contributed by atoms with E-state index < -0.39 is 23.5 Å². The standard InChI is InChI=1S/C13H12BrF2NO2/c1-2-19-11(18)6-3-8(7-17)9-4-5-10(14)13(16)12(9)15/h4-5,8H,2-3,6H2,1H3. The zero-order valence-electron chi connectivity index (χ0n) is 10.3. The highest BCUT2D eigenvalue weighted by Crippen LogP contribution is 2.28. The Morgan fingerprint density at radius 1 is 1.47 bits per heavy atom. The molecular weight excluding hydrogens is 320 g/mol. The first-order valence-corrected chi connectivity index (χ1v) is 6.49. The van der Waals surface area contributed by atoms with Gasteiger partial charge in [-0.25, -0.2) is 8.78 Å². The van der Waals surface area contributed by atoms with Crippen LogP contribution in [0.3, 0.4) is 0 Å². The highest BCUT2D eigenvalue weighted by Gasteiger charge is 2.20. The lowest BCUT2D eigenvalue weighted by molar-refractivity contribution is -0.143. The van der Waals surface area contributed by atoms with Crippen LogP contribution in [0.25, 0.3) is 0 Å². The molecule has 0 fully saturated rings. The Morgan fingerprint density at radius 2 is 2.16 bits per heavy atom. The number of hydrogen-bond acceptors (Lipinski definition) is 3. The molecule has 0 heterocycles. The Labute approximate surface area is 118 Å². The second-order valence-corrected chi connectivity index (χ2v) is 4.64. The summed E-state index contributed by atoms with van der Waals surface area (Å²) in [6.45, 7) is 1.92. The van der Waals surface area contributed by atoms with Gasteiger partial charge in [0.2, 0.25) is 0 Å². The van der Waals surface area contributed by atoms with Gasteiger partial charge in [-0.05, 0) is 35.3 Å². The second-order valence-electron chi connectivity index (χ2n) is 3.79. The van der Waals surface area contributed by atoms with Crippen LogP contribution in [0.2, 0.25) is 0 Å². The van der Waals surface area contributed by atoms with E-state index in [1.807, 2.05) is 6.07 Å². The predicted octanol–water partition coefficient (Wildman–Crippen LogP) is 3.68. The summed E-state index contributed by atoms with van der Waals surface area (Å²) in [4.78, 5) is 11.2. The van der Waals surface area contributed by atoms with Crippen LogP contribution in [0.4, 0.5) is 8.78 Å². The minimum absolute atomic E-state index is 0.00386. The molecule has 0 aliphatic heterocycles. The lowest BCUT2D eigenvalue weighted by Gasteiger charge is -2.11. The predicted molar refractivity (Wildman–Crippen MR) is 68.3 cm³/mol. The van der Waals surface area contributed by atoms with Crippen LogP contribution in [-0.4, -0.2) is 12.6 Å². The van der Waals surface area contributed by atoms with E-state index in [9.17, 15) is 13.6 Å². The number of rotatable bonds is 5. The fraction of sp³-hybridized carbons (Fsp3) is 0.385. The van der Waals surface area contributed by atoms with Crippen molar-refractivity contribution in [3.05, 3.63) is 33.8 Å². The highest BCUT2D eigenvalue weighted by molar-refractivity contribution is 9.10. The monoisotopic (exact) mass is 331 g/mol. The maximum atomic E-state index is 13.7. The summed E-state index contributed by atoms with van der Waals surface area (Å²) < 4.78 is 31.8. The topological polar surface area (TPSA) is 50.1 Å². The van der Waals surface area contributed by atoms with Gasteiger partial charge in [0.25, 0.3) is 0 Å². The number of ether oxygens (including phenoxy) is 1. The summed E-state index contributed by atoms with van der Waals surface area (Å²) in [5, 5.41) is 9.00. The number of carbonyl (C=O) groups is 1. The number of benzene rings is 1. The van der Waals surface area contributed by atoms with E-state index >= 15 is 0 Å². The molecule has 3 nitrogen and oxygen atoms in total. The molecule has 6 heteroatoms. The van der Waals surface area contributed by atoms with E-state index in [4.69, 9.17) is 10.00 Å². The van der Waals surface area contributed by atoms with Crippen molar-refractivity contribution in [2.75, 3.05) is 6.61 Å². The number of nitrogens with zero attached hydrogens (tertiary/aromatic N) is 1. The van der Waals surface area contributed by atoms with Crippen LogP contribution < -0.4 is 0 Å². The highest BCUT2D eigenvalue weighted by atomic mass is 79.9. The molecule has 0 N–H and O–H groups in total. The van der Waals surface area contributed by atoms with Crippen molar-refractivity contribution in [3.63, 3.8) is 0 Å². The molecule has 0 aliphatic carbocycles. The number of hydrogen-bond donors (Lipinski definition) is 0. The molecule has 102 valence electrons. The van der Waals surface area contributed by atoms with Crippen LogP contribution in [0, 0.1) is 23.0 Å². The zero-order valence-corrected chi connectivity index (χ0v) is 11.8. The smallest absolute Gasteiger partial charge is 0.305 e. The van der Waals surface area contributed by atoms with Crippen LogP contribution in [0.1, 0.15) is 31.2 Å². The van der Waals surface area contributed by atoms with Crippen molar-refractivity contribution in [2.45, 2.75) is 25.7 Å². The molecule has 0 saturated carbocycles. The molecule has 0 bridgehead atoms. The molecule has 1 atom stereocenters. The molecule has 0 spiro atoms. The van der Waals surface area contributed by atoms with Gasteiger partial charge in [0.05, 0.1) is 23.1 Å². The Morgan fingerprint density at radius 3 is 2.74 bits per heavy atom. The molecule has 1 aromatic carbocycles. The fourth-order valence-corrected chi connectivity index (χ4v) is 1.90. The van der Waals surface area contributed by atoms with Crippen molar-refractivity contribution in [3.8, 4) is 6.07 Å². The van der Waals surface area contributed by atoms with E-state index in [1.165, 1.54) is 12.1 Å². The molecule has 1 unspecified atom stereocenters. The summed E-state index contributed by atoms with van der Waals surface area (Å²) in [5.74, 6) is -3.44. The third-order valence-electron chi connectivity index (χ3n) is 2.54. The number of carbonyl (C=O) groups excluding carboxylic acids is 1. The quantitative estimate of drug-likeness (QED) is 0.610. The number of halogens is 3. The second kappa shape index (κ2) is 7.19. The average Bonchev–Trinajstić information content (AvgIpc) is 2.39. The average molecular weight is 332 g/mol. The number of nitriles is 1. The van der Waals surface area contributed by atoms with Crippen LogP contribution >= 0.6 is 15.9 Å². The van der Waals surface area contributed by atoms with Gasteiger partial charge in [-0.1, -0.05) is 6.07 Å². The SMILES string of the molecule is CCOC(=O)CCC(C#N)c1ccc(Br)c(F)c1F. The van der Waals surface area contributed by atoms with E-state index in [0.717, 1.165) is 0 Å². The van der Waals surface area contributed by atoms with Crippen molar-refractivity contribution in [1.82, 2.24) is 0 Å². The van der Waals surface area contributed by atoms with E-state index in [1.54, 1.807) is 6.92 Å². The summed E-state index contributed by atoms with van der Waals surface area (Å²) in [6, 6.07) is 4.54. The maximum Gasteiger partial charge on any atom is 0.305 e. The minimum atomic E-state index is -1.07. The molecule has 0 aliphatic rings. The van der Waals surface area contributed by atoms with Crippen molar-refractivity contribution in [1.29, 1.82) is 5.26 Å². The fourth-order valence-electron chi connectivity index (χ4n) is 1.59. The van der Waals surface area contributed by atoms with Crippen LogP contribution in [0.5, 0.6) is 0 Å². The van der Waals surface area contributed by atoms with Crippen LogP contribution in [0.15, 0.2) is 16.6 Å². The van der Waals surface area contributed by atoms with Gasteiger partial charge in [0, 0.05) is 12.0 Å². The first-order valence-electron chi connectivity index (χ1n) is 5.69. The van der Waals surface area contributed by atoms with E-state index in [2.05, 4.69) is 15.9 Å². The molecule has 0 aromatic heterocycles. The van der Waals surface area contributed by atoms with Crippen molar-refractivity contribution in [2.24, 2.45) is 0 Å². The number of esters is 1. The van der Waals surface area contributed by atoms with Gasteiger partial charge in [-0.15, -0.1) is 0 Å². The molecular formula is C13H12BrF2NO2. The summed E-state index contributed by atoms with van der Waals surface area (Å²) in [6.07, 6.45) is 0.0799. The maximum absolute atomic E-state index is 13.7. The Hall–Kier alpha value is -1.48. The molecule has 1 aromatic rings. The van der Waals surface area contributed by atoms with Gasteiger partial charge in [-0.2, -0.15) is 5.26 Å². The lowest BCUT2D eigenvalue weighted by atomic mass is 9.95. The van der Waals surface area contributed by atoms with Gasteiger partial charge in [0.15, 0.2) is 11.6 Å². The first kappa shape index (κ1) is 15.6. The normalized spacial score (nSPS) is 11.7. The van der Waals surface area contributed by atoms with Gasteiger partial charge >= 0.3 is 5.97 Å².